The maximum Gasteiger partial charge on any atom is 0.270 e. The number of benzene rings is 1. The van der Waals surface area contributed by atoms with E-state index in [1.54, 1.807) is 22.5 Å². The summed E-state index contributed by atoms with van der Waals surface area (Å²) in [5, 5.41) is 13.7. The van der Waals surface area contributed by atoms with Crippen LogP contribution in [-0.4, -0.2) is 26.2 Å². The van der Waals surface area contributed by atoms with Crippen molar-refractivity contribution in [1.82, 2.24) is 9.47 Å². The quantitative estimate of drug-likeness (QED) is 0.390. The van der Waals surface area contributed by atoms with Gasteiger partial charge in [0.25, 0.3) is 11.5 Å². The van der Waals surface area contributed by atoms with E-state index in [0.717, 1.165) is 12.0 Å². The van der Waals surface area contributed by atoms with Crippen LogP contribution < -0.4 is 10.9 Å². The van der Waals surface area contributed by atoms with Crippen molar-refractivity contribution in [3.05, 3.63) is 66.8 Å². The molecule has 172 valence electrons. The van der Waals surface area contributed by atoms with E-state index < -0.39 is 0 Å². The summed E-state index contributed by atoms with van der Waals surface area (Å²) in [6.45, 7) is 7.05. The molecule has 2 heterocycles. The number of aromatic nitrogens is 1. The number of nitrogens with zero attached hydrogens (tertiary/aromatic N) is 3. The van der Waals surface area contributed by atoms with Crippen molar-refractivity contribution in [2.45, 2.75) is 46.7 Å². The van der Waals surface area contributed by atoms with E-state index in [1.807, 2.05) is 44.2 Å². The lowest BCUT2D eigenvalue weighted by Crippen LogP contribution is -2.29. The Labute approximate surface area is 208 Å². The van der Waals surface area contributed by atoms with Crippen molar-refractivity contribution in [3.8, 4) is 6.07 Å². The lowest BCUT2D eigenvalue weighted by molar-refractivity contribution is -0.122. The van der Waals surface area contributed by atoms with Gasteiger partial charge in [0.15, 0.2) is 0 Å². The maximum atomic E-state index is 13.1. The van der Waals surface area contributed by atoms with Crippen molar-refractivity contribution < 1.29 is 4.79 Å². The highest BCUT2D eigenvalue weighted by Gasteiger charge is 2.32. The molecule has 3 rings (SSSR count). The van der Waals surface area contributed by atoms with Gasteiger partial charge in [-0.3, -0.25) is 19.1 Å². The highest BCUT2D eigenvalue weighted by Crippen LogP contribution is 2.35. The van der Waals surface area contributed by atoms with E-state index in [1.165, 1.54) is 11.8 Å². The van der Waals surface area contributed by atoms with Gasteiger partial charge >= 0.3 is 0 Å². The molecule has 0 radical (unpaired) electrons. The lowest BCUT2D eigenvalue weighted by Gasteiger charge is -2.20. The van der Waals surface area contributed by atoms with Crippen molar-refractivity contribution in [3.63, 3.8) is 0 Å². The number of thioether (sulfide) groups is 1. The Morgan fingerprint density at radius 1 is 1.21 bits per heavy atom. The van der Waals surface area contributed by atoms with Crippen LogP contribution in [0.25, 0.3) is 6.08 Å². The molecule has 1 aromatic heterocycles. The summed E-state index contributed by atoms with van der Waals surface area (Å²) in [6.07, 6.45) is 3.24. The van der Waals surface area contributed by atoms with E-state index >= 15 is 0 Å². The molecule has 2 aromatic rings. The zero-order valence-electron chi connectivity index (χ0n) is 18.8. The smallest absolute Gasteiger partial charge is 0.270 e. The Morgan fingerprint density at radius 2 is 1.91 bits per heavy atom. The Morgan fingerprint density at radius 3 is 2.55 bits per heavy atom. The van der Waals surface area contributed by atoms with E-state index in [0.29, 0.717) is 57.2 Å². The SMILES string of the molecule is CCCN1C(=O)/C(=C\c2c(C)c(C#N)c(=O)n(CCC)c2NCc2ccccc2Cl)SC1=S. The first-order valence-electron chi connectivity index (χ1n) is 10.7. The van der Waals surface area contributed by atoms with Crippen LogP contribution in [-0.2, 0) is 17.9 Å². The third-order valence-corrected chi connectivity index (χ3v) is 7.07. The fourth-order valence-electron chi connectivity index (χ4n) is 3.66. The summed E-state index contributed by atoms with van der Waals surface area (Å²) >= 11 is 13.0. The fraction of sp³-hybridized carbons (Fsp3) is 0.333. The van der Waals surface area contributed by atoms with E-state index in [2.05, 4.69) is 5.32 Å². The van der Waals surface area contributed by atoms with Crippen molar-refractivity contribution in [2.24, 2.45) is 0 Å². The van der Waals surface area contributed by atoms with Gasteiger partial charge in [0, 0.05) is 30.2 Å². The van der Waals surface area contributed by atoms with Crippen LogP contribution in [0, 0.1) is 18.3 Å². The third-order valence-electron chi connectivity index (χ3n) is 5.32. The number of nitriles is 1. The Kier molecular flexibility index (Phi) is 8.35. The number of rotatable bonds is 8. The first-order chi connectivity index (χ1) is 15.8. The van der Waals surface area contributed by atoms with Crippen LogP contribution in [0.1, 0.15) is 48.9 Å². The Balaban J connectivity index is 2.17. The normalized spacial score (nSPS) is 14.8. The van der Waals surface area contributed by atoms with E-state index in [9.17, 15) is 14.9 Å². The molecule has 1 saturated heterocycles. The van der Waals surface area contributed by atoms with Gasteiger partial charge in [0.05, 0.1) is 4.91 Å². The number of amides is 1. The summed E-state index contributed by atoms with van der Waals surface area (Å²) < 4.78 is 2.08. The standard InChI is InChI=1S/C24H25ClN4O2S2/c1-4-10-28-21(27-14-16-8-6-7-9-19(16)25)17(15(3)18(13-26)22(28)30)12-20-23(31)29(11-5-2)24(32)33-20/h6-9,12,27H,4-5,10-11,14H2,1-3H3/b20-12+. The molecular formula is C24H25ClN4O2S2. The fourth-order valence-corrected chi connectivity index (χ4v) is 5.15. The first-order valence-corrected chi connectivity index (χ1v) is 12.3. The molecular weight excluding hydrogens is 476 g/mol. The topological polar surface area (TPSA) is 78.1 Å². The Hall–Kier alpha value is -2.60. The van der Waals surface area contributed by atoms with Gasteiger partial charge in [-0.1, -0.05) is 67.6 Å². The van der Waals surface area contributed by atoms with Gasteiger partial charge in [0.1, 0.15) is 21.8 Å². The van der Waals surface area contributed by atoms with Crippen LogP contribution in [0.4, 0.5) is 5.82 Å². The maximum absolute atomic E-state index is 13.1. The van der Waals surface area contributed by atoms with Crippen LogP contribution in [0.2, 0.25) is 5.02 Å². The van der Waals surface area contributed by atoms with E-state index in [4.69, 9.17) is 23.8 Å². The number of hydrogen-bond acceptors (Lipinski definition) is 6. The molecule has 1 fully saturated rings. The molecule has 9 heteroatoms. The monoisotopic (exact) mass is 500 g/mol. The predicted octanol–water partition coefficient (Wildman–Crippen LogP) is 5.32. The number of halogens is 1. The van der Waals surface area contributed by atoms with Crippen LogP contribution in [0.3, 0.4) is 0 Å². The number of nitrogens with one attached hydrogen (secondary N) is 1. The van der Waals surface area contributed by atoms with Gasteiger partial charge in [-0.05, 0) is 43.0 Å². The minimum Gasteiger partial charge on any atom is -0.367 e. The summed E-state index contributed by atoms with van der Waals surface area (Å²) in [4.78, 5) is 28.1. The number of carbonyl (C=O) groups excluding carboxylic acids is 1. The van der Waals surface area contributed by atoms with Gasteiger partial charge in [-0.15, -0.1) is 0 Å². The molecule has 0 aliphatic carbocycles. The highest BCUT2D eigenvalue weighted by molar-refractivity contribution is 8.26. The highest BCUT2D eigenvalue weighted by atomic mass is 35.5. The molecule has 33 heavy (non-hydrogen) atoms. The van der Waals surface area contributed by atoms with Gasteiger partial charge in [-0.25, -0.2) is 0 Å². The Bertz CT molecular complexity index is 1230. The number of anilines is 1. The summed E-state index contributed by atoms with van der Waals surface area (Å²) in [6, 6.07) is 9.51. The van der Waals surface area contributed by atoms with Crippen molar-refractivity contribution in [1.29, 1.82) is 5.26 Å². The molecule has 0 unspecified atom stereocenters. The van der Waals surface area contributed by atoms with Crippen LogP contribution >= 0.6 is 35.6 Å². The average molecular weight is 501 g/mol. The second kappa shape index (κ2) is 11.0. The van der Waals surface area contributed by atoms with Crippen molar-refractivity contribution in [2.75, 3.05) is 11.9 Å². The molecule has 1 aliphatic heterocycles. The van der Waals surface area contributed by atoms with Gasteiger partial charge in [0.2, 0.25) is 0 Å². The van der Waals surface area contributed by atoms with Crippen molar-refractivity contribution >= 4 is 57.7 Å². The third kappa shape index (κ3) is 5.16. The van der Waals surface area contributed by atoms with Gasteiger partial charge in [-0.2, -0.15) is 5.26 Å². The summed E-state index contributed by atoms with van der Waals surface area (Å²) in [5.74, 6) is 0.397. The molecule has 1 aromatic carbocycles. The molecule has 0 bridgehead atoms. The average Bonchev–Trinajstić information content (AvgIpc) is 3.05. The number of carbonyl (C=O) groups is 1. The molecule has 6 nitrogen and oxygen atoms in total. The zero-order chi connectivity index (χ0) is 24.1. The number of hydrogen-bond donors (Lipinski definition) is 1. The number of pyridine rings is 1. The van der Waals surface area contributed by atoms with E-state index in [-0.39, 0.29) is 17.0 Å². The second-order valence-electron chi connectivity index (χ2n) is 7.61. The van der Waals surface area contributed by atoms with Gasteiger partial charge < -0.3 is 5.32 Å². The second-order valence-corrected chi connectivity index (χ2v) is 9.69. The molecule has 0 spiro atoms. The minimum absolute atomic E-state index is 0.0713. The number of thiocarbonyl (C=S) groups is 1. The predicted molar refractivity (Wildman–Crippen MR) is 139 cm³/mol. The first kappa shape index (κ1) is 25.0. The van der Waals surface area contributed by atoms with Crippen LogP contribution in [0.5, 0.6) is 0 Å². The molecule has 1 aliphatic rings. The summed E-state index contributed by atoms with van der Waals surface area (Å²) in [5.41, 5.74) is 1.74. The minimum atomic E-state index is -0.353. The zero-order valence-corrected chi connectivity index (χ0v) is 21.2. The van der Waals surface area contributed by atoms with Crippen LogP contribution in [0.15, 0.2) is 34.0 Å². The molecule has 0 saturated carbocycles. The summed E-state index contributed by atoms with van der Waals surface area (Å²) in [7, 11) is 0. The molecule has 0 atom stereocenters. The lowest BCUT2D eigenvalue weighted by atomic mass is 10.0. The largest absolute Gasteiger partial charge is 0.367 e. The molecule has 1 N–H and O–H groups in total. The molecule has 1 amide bonds.